The van der Waals surface area contributed by atoms with E-state index < -0.39 is 24.2 Å². The fourth-order valence-electron chi connectivity index (χ4n) is 2.60. The van der Waals surface area contributed by atoms with Crippen LogP contribution in [-0.4, -0.2) is 41.4 Å². The van der Waals surface area contributed by atoms with Crippen molar-refractivity contribution in [1.29, 1.82) is 0 Å². The highest BCUT2D eigenvalue weighted by Crippen LogP contribution is 2.39. The molecule has 16 heavy (non-hydrogen) atoms. The van der Waals surface area contributed by atoms with Crippen LogP contribution in [0.3, 0.4) is 0 Å². The maximum Gasteiger partial charge on any atom is 0.393 e. The van der Waals surface area contributed by atoms with Crippen LogP contribution in [0, 0.1) is 5.92 Å². The maximum atomic E-state index is 12.8. The molecule has 2 nitrogen and oxygen atoms in total. The van der Waals surface area contributed by atoms with Crippen LogP contribution in [0.1, 0.15) is 33.1 Å². The van der Waals surface area contributed by atoms with Crippen molar-refractivity contribution in [1.82, 2.24) is 4.90 Å². The summed E-state index contributed by atoms with van der Waals surface area (Å²) in [5.74, 6) is -1.28. The van der Waals surface area contributed by atoms with Crippen molar-refractivity contribution in [3.63, 3.8) is 0 Å². The van der Waals surface area contributed by atoms with Crippen LogP contribution in [0.2, 0.25) is 0 Å². The third-order valence-electron chi connectivity index (χ3n) is 3.49. The average Bonchev–Trinajstić information content (AvgIpc) is 2.17. The molecule has 96 valence electrons. The lowest BCUT2D eigenvalue weighted by atomic mass is 9.81. The van der Waals surface area contributed by atoms with Gasteiger partial charge >= 0.3 is 6.18 Å². The minimum atomic E-state index is -4.15. The van der Waals surface area contributed by atoms with E-state index in [0.717, 1.165) is 0 Å². The van der Waals surface area contributed by atoms with Gasteiger partial charge in [0.05, 0.1) is 12.0 Å². The van der Waals surface area contributed by atoms with Gasteiger partial charge < -0.3 is 10.0 Å². The van der Waals surface area contributed by atoms with Gasteiger partial charge in [-0.2, -0.15) is 13.2 Å². The van der Waals surface area contributed by atoms with E-state index in [-0.39, 0.29) is 19.3 Å². The Morgan fingerprint density at radius 1 is 1.19 bits per heavy atom. The van der Waals surface area contributed by atoms with Gasteiger partial charge in [0.15, 0.2) is 0 Å². The first-order valence-corrected chi connectivity index (χ1v) is 5.89. The first kappa shape index (κ1) is 13.8. The van der Waals surface area contributed by atoms with Crippen molar-refractivity contribution in [2.45, 2.75) is 51.4 Å². The van der Waals surface area contributed by atoms with E-state index in [2.05, 4.69) is 0 Å². The molecule has 0 spiro atoms. The van der Waals surface area contributed by atoms with Crippen LogP contribution < -0.4 is 0 Å². The summed E-state index contributed by atoms with van der Waals surface area (Å²) >= 11 is 0. The number of nitrogens with zero attached hydrogens (tertiary/aromatic N) is 1. The molecule has 0 aliphatic heterocycles. The second-order valence-corrected chi connectivity index (χ2v) is 4.40. The molecular formula is C11H20F3NO. The summed E-state index contributed by atoms with van der Waals surface area (Å²) < 4.78 is 38.5. The predicted molar refractivity (Wildman–Crippen MR) is 56.1 cm³/mol. The summed E-state index contributed by atoms with van der Waals surface area (Å²) in [7, 11) is 0. The molecule has 1 saturated carbocycles. The Morgan fingerprint density at radius 3 is 2.19 bits per heavy atom. The Hall–Kier alpha value is -0.290. The lowest BCUT2D eigenvalue weighted by Crippen LogP contribution is -2.50. The largest absolute Gasteiger partial charge is 0.393 e. The standard InChI is InChI=1S/C11H20F3NO/c1-3-15(4-2)10-7-8(16)5-6-9(10)11(12,13)14/h8-10,16H,3-7H2,1-2H3. The number of aliphatic hydroxyl groups excluding tert-OH is 1. The molecule has 3 atom stereocenters. The zero-order valence-corrected chi connectivity index (χ0v) is 9.80. The first-order valence-electron chi connectivity index (χ1n) is 5.89. The summed E-state index contributed by atoms with van der Waals surface area (Å²) in [6, 6.07) is -0.557. The van der Waals surface area contributed by atoms with Crippen LogP contribution in [0.5, 0.6) is 0 Å². The Balaban J connectivity index is 2.80. The maximum absolute atomic E-state index is 12.8. The van der Waals surface area contributed by atoms with Gasteiger partial charge in [-0.3, -0.25) is 0 Å². The van der Waals surface area contributed by atoms with Gasteiger partial charge in [0, 0.05) is 6.04 Å². The van der Waals surface area contributed by atoms with E-state index in [9.17, 15) is 18.3 Å². The van der Waals surface area contributed by atoms with Crippen LogP contribution in [0.4, 0.5) is 13.2 Å². The van der Waals surface area contributed by atoms with Gasteiger partial charge in [0.25, 0.3) is 0 Å². The predicted octanol–water partition coefficient (Wildman–Crippen LogP) is 2.42. The molecule has 0 heterocycles. The van der Waals surface area contributed by atoms with Crippen molar-refractivity contribution >= 4 is 0 Å². The monoisotopic (exact) mass is 239 g/mol. The zero-order valence-electron chi connectivity index (χ0n) is 9.80. The fraction of sp³-hybridized carbons (Fsp3) is 1.00. The number of rotatable bonds is 3. The van der Waals surface area contributed by atoms with Crippen molar-refractivity contribution < 1.29 is 18.3 Å². The van der Waals surface area contributed by atoms with Crippen molar-refractivity contribution in [3.05, 3.63) is 0 Å². The Kier molecular flexibility index (Phi) is 4.62. The summed E-state index contributed by atoms with van der Waals surface area (Å²) in [4.78, 5) is 1.81. The average molecular weight is 239 g/mol. The number of halogens is 3. The summed E-state index contributed by atoms with van der Waals surface area (Å²) in [6.45, 7) is 4.91. The number of hydrogen-bond acceptors (Lipinski definition) is 2. The number of alkyl halides is 3. The van der Waals surface area contributed by atoms with E-state index in [1.165, 1.54) is 0 Å². The van der Waals surface area contributed by atoms with Gasteiger partial charge in [-0.05, 0) is 32.4 Å². The Bertz CT molecular complexity index is 216. The third-order valence-corrected chi connectivity index (χ3v) is 3.49. The smallest absolute Gasteiger partial charge is 0.393 e. The highest BCUT2D eigenvalue weighted by molar-refractivity contribution is 4.89. The molecule has 0 aromatic rings. The quantitative estimate of drug-likeness (QED) is 0.817. The number of hydrogen-bond donors (Lipinski definition) is 1. The lowest BCUT2D eigenvalue weighted by Gasteiger charge is -2.41. The second kappa shape index (κ2) is 5.36. The summed E-state index contributed by atoms with van der Waals surface area (Å²) in [5.41, 5.74) is 0. The summed E-state index contributed by atoms with van der Waals surface area (Å²) in [6.07, 6.45) is -4.17. The van der Waals surface area contributed by atoms with Crippen LogP contribution in [-0.2, 0) is 0 Å². The van der Waals surface area contributed by atoms with E-state index in [0.29, 0.717) is 13.1 Å². The van der Waals surface area contributed by atoms with E-state index in [1.807, 2.05) is 13.8 Å². The third kappa shape index (κ3) is 3.10. The zero-order chi connectivity index (χ0) is 12.3. The van der Waals surface area contributed by atoms with E-state index >= 15 is 0 Å². The molecule has 0 saturated heterocycles. The topological polar surface area (TPSA) is 23.5 Å². The van der Waals surface area contributed by atoms with E-state index in [1.54, 1.807) is 4.90 Å². The molecule has 1 rings (SSSR count). The molecule has 1 aliphatic rings. The molecule has 0 radical (unpaired) electrons. The first-order chi connectivity index (χ1) is 7.40. The fourth-order valence-corrected chi connectivity index (χ4v) is 2.60. The minimum absolute atomic E-state index is 0.0475. The molecule has 0 bridgehead atoms. The van der Waals surface area contributed by atoms with Gasteiger partial charge in [-0.25, -0.2) is 0 Å². The molecular weight excluding hydrogens is 219 g/mol. The SMILES string of the molecule is CCN(CC)C1CC(O)CCC1C(F)(F)F. The van der Waals surface area contributed by atoms with Gasteiger partial charge in [-0.1, -0.05) is 13.8 Å². The van der Waals surface area contributed by atoms with Gasteiger partial charge in [0.2, 0.25) is 0 Å². The Labute approximate surface area is 94.4 Å². The molecule has 5 heteroatoms. The van der Waals surface area contributed by atoms with Crippen molar-refractivity contribution in [2.75, 3.05) is 13.1 Å². The minimum Gasteiger partial charge on any atom is -0.393 e. The Morgan fingerprint density at radius 2 is 1.75 bits per heavy atom. The van der Waals surface area contributed by atoms with Gasteiger partial charge in [0.1, 0.15) is 0 Å². The molecule has 1 aliphatic carbocycles. The molecule has 0 amide bonds. The highest BCUT2D eigenvalue weighted by Gasteiger charge is 2.48. The van der Waals surface area contributed by atoms with Gasteiger partial charge in [-0.15, -0.1) is 0 Å². The summed E-state index contributed by atoms with van der Waals surface area (Å²) in [5, 5.41) is 9.51. The van der Waals surface area contributed by atoms with Crippen molar-refractivity contribution in [2.24, 2.45) is 5.92 Å². The van der Waals surface area contributed by atoms with Crippen LogP contribution in [0.15, 0.2) is 0 Å². The molecule has 1 fully saturated rings. The lowest BCUT2D eigenvalue weighted by molar-refractivity contribution is -0.204. The number of aliphatic hydroxyl groups is 1. The molecule has 0 aromatic heterocycles. The molecule has 1 N–H and O–H groups in total. The normalized spacial score (nSPS) is 32.1. The second-order valence-electron chi connectivity index (χ2n) is 4.40. The molecule has 3 unspecified atom stereocenters. The van der Waals surface area contributed by atoms with Crippen LogP contribution >= 0.6 is 0 Å². The van der Waals surface area contributed by atoms with E-state index in [4.69, 9.17) is 0 Å². The highest BCUT2D eigenvalue weighted by atomic mass is 19.4. The molecule has 0 aromatic carbocycles. The van der Waals surface area contributed by atoms with Crippen LogP contribution in [0.25, 0.3) is 0 Å². The van der Waals surface area contributed by atoms with Crippen molar-refractivity contribution in [3.8, 4) is 0 Å².